The fourth-order valence-corrected chi connectivity index (χ4v) is 3.57. The molecule has 0 fully saturated rings. The van der Waals surface area contributed by atoms with Gasteiger partial charge in [0, 0.05) is 6.42 Å². The topological polar surface area (TPSA) is 63.6 Å². The smallest absolute Gasteiger partial charge is 0.308 e. The van der Waals surface area contributed by atoms with Crippen molar-refractivity contribution in [1.29, 1.82) is 0 Å². The van der Waals surface area contributed by atoms with Crippen LogP contribution in [-0.4, -0.2) is 23.7 Å². The molecule has 0 aliphatic heterocycles. The van der Waals surface area contributed by atoms with E-state index in [4.69, 9.17) is 9.84 Å². The minimum atomic E-state index is -0.755. The van der Waals surface area contributed by atoms with Gasteiger partial charge in [0.2, 0.25) is 0 Å². The molecule has 166 valence electrons. The Kier molecular flexibility index (Phi) is 19.9. The summed E-state index contributed by atoms with van der Waals surface area (Å²) in [7, 11) is 0. The second kappa shape index (κ2) is 20.7. The van der Waals surface area contributed by atoms with Gasteiger partial charge in [-0.1, -0.05) is 90.9 Å². The van der Waals surface area contributed by atoms with Gasteiger partial charge in [0.15, 0.2) is 0 Å². The molecule has 0 atom stereocenters. The van der Waals surface area contributed by atoms with Crippen LogP contribution in [0.4, 0.5) is 0 Å². The van der Waals surface area contributed by atoms with E-state index in [0.717, 1.165) is 38.5 Å². The molecule has 0 aliphatic carbocycles. The summed E-state index contributed by atoms with van der Waals surface area (Å²) in [4.78, 5) is 23.0. The molecule has 0 saturated carbocycles. The number of hydrogen-bond acceptors (Lipinski definition) is 3. The molecule has 0 aromatic carbocycles. The molecule has 28 heavy (non-hydrogen) atoms. The lowest BCUT2D eigenvalue weighted by molar-refractivity contribution is -0.149. The second-order valence-corrected chi connectivity index (χ2v) is 8.18. The zero-order valence-corrected chi connectivity index (χ0v) is 18.7. The van der Waals surface area contributed by atoms with E-state index < -0.39 is 5.97 Å². The fourth-order valence-electron chi connectivity index (χ4n) is 3.57. The van der Waals surface area contributed by atoms with E-state index >= 15 is 0 Å². The summed E-state index contributed by atoms with van der Waals surface area (Å²) in [6.45, 7) is 4.89. The van der Waals surface area contributed by atoms with Crippen LogP contribution in [0.25, 0.3) is 0 Å². The first-order valence-electron chi connectivity index (χ1n) is 12.0. The minimum Gasteiger partial charge on any atom is -0.481 e. The largest absolute Gasteiger partial charge is 0.481 e. The highest BCUT2D eigenvalue weighted by Gasteiger charge is 2.19. The number of carbonyl (C=O) groups excluding carboxylic acids is 1. The van der Waals surface area contributed by atoms with Crippen molar-refractivity contribution in [2.24, 2.45) is 5.92 Å². The second-order valence-electron chi connectivity index (χ2n) is 8.18. The molecule has 0 aliphatic rings. The van der Waals surface area contributed by atoms with Crippen LogP contribution in [-0.2, 0) is 14.3 Å². The standard InChI is InChI=1S/C24H46O4/c1-3-5-7-9-11-14-18-22(19-15-12-10-8-6-4-2)24(27)28-21-17-13-16-20-23(25)26/h22H,3-21H2,1-2H3,(H,25,26). The summed E-state index contributed by atoms with van der Waals surface area (Å²) in [6.07, 6.45) is 19.3. The number of hydrogen-bond donors (Lipinski definition) is 1. The van der Waals surface area contributed by atoms with Crippen molar-refractivity contribution < 1.29 is 19.4 Å². The van der Waals surface area contributed by atoms with Crippen LogP contribution in [0.3, 0.4) is 0 Å². The van der Waals surface area contributed by atoms with E-state index in [9.17, 15) is 9.59 Å². The first kappa shape index (κ1) is 26.9. The van der Waals surface area contributed by atoms with Crippen LogP contribution in [0.15, 0.2) is 0 Å². The van der Waals surface area contributed by atoms with E-state index in [0.29, 0.717) is 13.0 Å². The predicted molar refractivity (Wildman–Crippen MR) is 117 cm³/mol. The van der Waals surface area contributed by atoms with Gasteiger partial charge in [-0.15, -0.1) is 0 Å². The zero-order valence-electron chi connectivity index (χ0n) is 18.7. The van der Waals surface area contributed by atoms with Crippen molar-refractivity contribution in [3.63, 3.8) is 0 Å². The van der Waals surface area contributed by atoms with Crippen molar-refractivity contribution in [2.45, 2.75) is 129 Å². The first-order valence-corrected chi connectivity index (χ1v) is 12.0. The lowest BCUT2D eigenvalue weighted by Crippen LogP contribution is -2.18. The third kappa shape index (κ3) is 18.3. The molecule has 0 radical (unpaired) electrons. The van der Waals surface area contributed by atoms with E-state index in [2.05, 4.69) is 13.8 Å². The van der Waals surface area contributed by atoms with Gasteiger partial charge in [-0.2, -0.15) is 0 Å². The number of carbonyl (C=O) groups is 2. The van der Waals surface area contributed by atoms with Gasteiger partial charge in [0.1, 0.15) is 0 Å². The van der Waals surface area contributed by atoms with Crippen molar-refractivity contribution in [3.8, 4) is 0 Å². The van der Waals surface area contributed by atoms with E-state index in [1.54, 1.807) is 0 Å². The van der Waals surface area contributed by atoms with Crippen LogP contribution in [0.2, 0.25) is 0 Å². The number of esters is 1. The van der Waals surface area contributed by atoms with E-state index in [-0.39, 0.29) is 18.3 Å². The Morgan fingerprint density at radius 2 is 1.14 bits per heavy atom. The highest BCUT2D eigenvalue weighted by atomic mass is 16.5. The minimum absolute atomic E-state index is 0.0275. The third-order valence-corrected chi connectivity index (χ3v) is 5.42. The van der Waals surface area contributed by atoms with E-state index in [1.807, 2.05) is 0 Å². The van der Waals surface area contributed by atoms with Gasteiger partial charge >= 0.3 is 11.9 Å². The summed E-state index contributed by atoms with van der Waals surface area (Å²) >= 11 is 0. The summed E-state index contributed by atoms with van der Waals surface area (Å²) < 4.78 is 5.52. The predicted octanol–water partition coefficient (Wildman–Crippen LogP) is 7.29. The monoisotopic (exact) mass is 398 g/mol. The maximum Gasteiger partial charge on any atom is 0.308 e. The van der Waals surface area contributed by atoms with Gasteiger partial charge < -0.3 is 9.84 Å². The van der Waals surface area contributed by atoms with Crippen molar-refractivity contribution in [1.82, 2.24) is 0 Å². The first-order chi connectivity index (χ1) is 13.6. The highest BCUT2D eigenvalue weighted by molar-refractivity contribution is 5.72. The highest BCUT2D eigenvalue weighted by Crippen LogP contribution is 2.21. The van der Waals surface area contributed by atoms with Crippen molar-refractivity contribution in [3.05, 3.63) is 0 Å². The van der Waals surface area contributed by atoms with Gasteiger partial charge in [-0.3, -0.25) is 9.59 Å². The number of rotatable bonds is 21. The molecule has 0 amide bonds. The molecule has 4 heteroatoms. The maximum absolute atomic E-state index is 12.5. The fraction of sp³-hybridized carbons (Fsp3) is 0.917. The molecular formula is C24H46O4. The van der Waals surface area contributed by atoms with Gasteiger partial charge in [-0.25, -0.2) is 0 Å². The van der Waals surface area contributed by atoms with Crippen molar-refractivity contribution in [2.75, 3.05) is 6.61 Å². The summed E-state index contributed by atoms with van der Waals surface area (Å²) in [5.74, 6) is -0.730. The average Bonchev–Trinajstić information content (AvgIpc) is 2.67. The van der Waals surface area contributed by atoms with Gasteiger partial charge in [-0.05, 0) is 32.1 Å². The van der Waals surface area contributed by atoms with Crippen LogP contribution in [0.1, 0.15) is 129 Å². The molecule has 0 rings (SSSR count). The molecule has 0 aromatic rings. The Hall–Kier alpha value is -1.06. The molecule has 1 N–H and O–H groups in total. The molecule has 4 nitrogen and oxygen atoms in total. The molecular weight excluding hydrogens is 352 g/mol. The van der Waals surface area contributed by atoms with Gasteiger partial charge in [0.05, 0.1) is 12.5 Å². The quantitative estimate of drug-likeness (QED) is 0.163. The number of carboxylic acid groups (broad SMARTS) is 1. The third-order valence-electron chi connectivity index (χ3n) is 5.42. The maximum atomic E-state index is 12.5. The normalized spacial score (nSPS) is 11.1. The van der Waals surface area contributed by atoms with Crippen LogP contribution < -0.4 is 0 Å². The Morgan fingerprint density at radius 3 is 1.64 bits per heavy atom. The Labute approximate surface area is 173 Å². The molecule has 0 unspecified atom stereocenters. The molecule has 0 bridgehead atoms. The summed E-state index contributed by atoms with van der Waals surface area (Å²) in [5.41, 5.74) is 0. The van der Waals surface area contributed by atoms with E-state index in [1.165, 1.54) is 64.2 Å². The SMILES string of the molecule is CCCCCCCCC(CCCCCCCC)C(=O)OCCCCCC(=O)O. The Morgan fingerprint density at radius 1 is 0.679 bits per heavy atom. The van der Waals surface area contributed by atoms with Crippen LogP contribution >= 0.6 is 0 Å². The Bertz CT molecular complexity index is 352. The molecule has 0 heterocycles. The summed E-state index contributed by atoms with van der Waals surface area (Å²) in [6, 6.07) is 0. The van der Waals surface area contributed by atoms with Gasteiger partial charge in [0.25, 0.3) is 0 Å². The number of unbranched alkanes of at least 4 members (excludes halogenated alkanes) is 12. The van der Waals surface area contributed by atoms with Crippen LogP contribution in [0, 0.1) is 5.92 Å². The van der Waals surface area contributed by atoms with Crippen molar-refractivity contribution >= 4 is 11.9 Å². The molecule has 0 spiro atoms. The molecule has 0 saturated heterocycles. The molecule has 0 aromatic heterocycles. The number of carboxylic acids is 1. The Balaban J connectivity index is 4.06. The lowest BCUT2D eigenvalue weighted by Gasteiger charge is -2.16. The van der Waals surface area contributed by atoms with Crippen LogP contribution in [0.5, 0.6) is 0 Å². The lowest BCUT2D eigenvalue weighted by atomic mass is 9.94. The number of ether oxygens (including phenoxy) is 1. The number of aliphatic carboxylic acids is 1. The summed E-state index contributed by atoms with van der Waals surface area (Å²) in [5, 5.41) is 8.65. The average molecular weight is 399 g/mol. The zero-order chi connectivity index (χ0) is 20.9.